The fourth-order valence-corrected chi connectivity index (χ4v) is 2.88. The lowest BCUT2D eigenvalue weighted by atomic mass is 9.91. The van der Waals surface area contributed by atoms with Crippen LogP contribution in [-0.2, 0) is 6.42 Å². The van der Waals surface area contributed by atoms with E-state index in [1.54, 1.807) is 6.07 Å². The van der Waals surface area contributed by atoms with Crippen LogP contribution in [0, 0.1) is 5.41 Å². The van der Waals surface area contributed by atoms with Gasteiger partial charge < -0.3 is 4.42 Å². The minimum absolute atomic E-state index is 0.154. The summed E-state index contributed by atoms with van der Waals surface area (Å²) in [6, 6.07) is 1.80. The van der Waals surface area contributed by atoms with E-state index in [9.17, 15) is 9.59 Å². The monoisotopic (exact) mass is 239 g/mol. The summed E-state index contributed by atoms with van der Waals surface area (Å²) in [4.78, 5) is 26.6. The van der Waals surface area contributed by atoms with Gasteiger partial charge in [-0.15, -0.1) is 11.3 Å². The van der Waals surface area contributed by atoms with Crippen molar-refractivity contribution in [2.75, 3.05) is 0 Å². The number of hydrogen-bond donors (Lipinski definition) is 1. The van der Waals surface area contributed by atoms with Gasteiger partial charge in [-0.25, -0.2) is 9.59 Å². The van der Waals surface area contributed by atoms with Gasteiger partial charge in [-0.2, -0.15) is 0 Å². The molecule has 0 unspecified atom stereocenters. The molecule has 0 radical (unpaired) electrons. The summed E-state index contributed by atoms with van der Waals surface area (Å²) in [7, 11) is 0. The van der Waals surface area contributed by atoms with Crippen LogP contribution in [0.15, 0.2) is 20.1 Å². The number of nitrogens with one attached hydrogen (secondary N) is 1. The first-order valence-corrected chi connectivity index (χ1v) is 5.83. The van der Waals surface area contributed by atoms with Crippen LogP contribution in [0.4, 0.5) is 0 Å². The molecular formula is C11H13NO3S. The Bertz CT molecular complexity index is 627. The predicted octanol–water partition coefficient (Wildman–Crippen LogP) is 2.13. The van der Waals surface area contributed by atoms with Gasteiger partial charge >= 0.3 is 11.4 Å². The van der Waals surface area contributed by atoms with Gasteiger partial charge in [0.2, 0.25) is 0 Å². The normalized spacial score (nSPS) is 12.2. The molecule has 1 N–H and O–H groups in total. The Labute approximate surface area is 95.9 Å². The third-order valence-corrected chi connectivity index (χ3v) is 3.16. The molecule has 4 nitrogen and oxygen atoms in total. The zero-order valence-electron chi connectivity index (χ0n) is 9.42. The van der Waals surface area contributed by atoms with Crippen molar-refractivity contribution in [2.24, 2.45) is 5.41 Å². The summed E-state index contributed by atoms with van der Waals surface area (Å²) in [5.74, 6) is -0.693. The topological polar surface area (TPSA) is 63.1 Å². The summed E-state index contributed by atoms with van der Waals surface area (Å²) < 4.78 is 4.47. The largest absolute Gasteiger partial charge is 0.420 e. The molecule has 0 aliphatic rings. The van der Waals surface area contributed by atoms with Crippen LogP contribution in [0.2, 0.25) is 0 Å². The molecule has 0 saturated heterocycles. The molecule has 0 bridgehead atoms. The quantitative estimate of drug-likeness (QED) is 0.829. The molecule has 0 atom stereocenters. The highest BCUT2D eigenvalue weighted by Crippen LogP contribution is 2.27. The molecule has 0 amide bonds. The molecule has 0 aromatic carbocycles. The minimum Gasteiger partial charge on any atom is -0.372 e. The molecule has 0 saturated carbocycles. The van der Waals surface area contributed by atoms with E-state index < -0.39 is 11.4 Å². The van der Waals surface area contributed by atoms with E-state index in [4.69, 9.17) is 0 Å². The molecule has 0 fully saturated rings. The molecule has 5 heteroatoms. The van der Waals surface area contributed by atoms with Crippen LogP contribution in [0.25, 0.3) is 10.2 Å². The number of rotatable bonds is 1. The fraction of sp³-hybridized carbons (Fsp3) is 0.455. The lowest BCUT2D eigenvalue weighted by Gasteiger charge is -2.15. The van der Waals surface area contributed by atoms with Gasteiger partial charge in [-0.05, 0) is 17.9 Å². The fourth-order valence-electron chi connectivity index (χ4n) is 1.55. The Hall–Kier alpha value is -1.36. The Morgan fingerprint density at radius 3 is 2.69 bits per heavy atom. The first-order valence-electron chi connectivity index (χ1n) is 5.01. The van der Waals surface area contributed by atoms with Crippen LogP contribution in [-0.4, -0.2) is 4.98 Å². The van der Waals surface area contributed by atoms with E-state index in [0.29, 0.717) is 10.2 Å². The maximum absolute atomic E-state index is 11.4. The predicted molar refractivity (Wildman–Crippen MR) is 64.1 cm³/mol. The first-order chi connectivity index (χ1) is 7.35. The zero-order valence-corrected chi connectivity index (χ0v) is 10.2. The lowest BCUT2D eigenvalue weighted by molar-refractivity contribution is 0.414. The van der Waals surface area contributed by atoms with E-state index in [1.807, 2.05) is 0 Å². The molecule has 86 valence electrons. The molecule has 0 aliphatic heterocycles. The van der Waals surface area contributed by atoms with Crippen molar-refractivity contribution in [3.8, 4) is 0 Å². The van der Waals surface area contributed by atoms with E-state index >= 15 is 0 Å². The van der Waals surface area contributed by atoms with Gasteiger partial charge in [0.15, 0.2) is 0 Å². The smallest absolute Gasteiger partial charge is 0.372 e. The molecule has 2 aromatic heterocycles. The van der Waals surface area contributed by atoms with Gasteiger partial charge in [0.1, 0.15) is 4.83 Å². The summed E-state index contributed by atoms with van der Waals surface area (Å²) >= 11 is 1.44. The highest BCUT2D eigenvalue weighted by atomic mass is 32.1. The number of H-pyrrole nitrogens is 1. The van der Waals surface area contributed by atoms with Crippen molar-refractivity contribution in [1.29, 1.82) is 0 Å². The SMILES string of the molecule is CC(C)(C)Cc1cc2c(=O)oc(=O)[nH]c2s1. The summed E-state index contributed by atoms with van der Waals surface area (Å²) in [6.45, 7) is 6.38. The maximum atomic E-state index is 11.4. The number of fused-ring (bicyclic) bond motifs is 1. The van der Waals surface area contributed by atoms with E-state index in [-0.39, 0.29) is 5.41 Å². The van der Waals surface area contributed by atoms with Crippen molar-refractivity contribution in [2.45, 2.75) is 27.2 Å². The summed E-state index contributed by atoms with van der Waals surface area (Å²) in [5, 5.41) is 0.462. The van der Waals surface area contributed by atoms with E-state index in [1.165, 1.54) is 11.3 Å². The van der Waals surface area contributed by atoms with Crippen LogP contribution < -0.4 is 11.4 Å². The highest BCUT2D eigenvalue weighted by molar-refractivity contribution is 7.18. The Morgan fingerprint density at radius 1 is 1.38 bits per heavy atom. The summed E-state index contributed by atoms with van der Waals surface area (Å²) in [6.07, 6.45) is 0.869. The Kier molecular flexibility index (Phi) is 2.50. The Morgan fingerprint density at radius 2 is 2.06 bits per heavy atom. The number of aromatic nitrogens is 1. The second-order valence-electron chi connectivity index (χ2n) is 4.99. The van der Waals surface area contributed by atoms with Crippen LogP contribution >= 0.6 is 11.3 Å². The third-order valence-electron chi connectivity index (χ3n) is 2.11. The van der Waals surface area contributed by atoms with Crippen LogP contribution in [0.5, 0.6) is 0 Å². The standard InChI is InChI=1S/C11H13NO3S/c1-11(2,3)5-6-4-7-8(16-6)12-10(14)15-9(7)13/h4H,5H2,1-3H3,(H,12,14). The molecule has 2 aromatic rings. The van der Waals surface area contributed by atoms with Gasteiger partial charge in [0.05, 0.1) is 5.39 Å². The Balaban J connectivity index is 2.57. The van der Waals surface area contributed by atoms with Crippen LogP contribution in [0.1, 0.15) is 25.6 Å². The number of hydrogen-bond acceptors (Lipinski definition) is 4. The zero-order chi connectivity index (χ0) is 11.9. The van der Waals surface area contributed by atoms with Crippen molar-refractivity contribution < 1.29 is 4.42 Å². The second-order valence-corrected chi connectivity index (χ2v) is 6.13. The average molecular weight is 239 g/mol. The van der Waals surface area contributed by atoms with Gasteiger partial charge in [-0.1, -0.05) is 20.8 Å². The molecule has 0 aliphatic carbocycles. The average Bonchev–Trinajstić information content (AvgIpc) is 2.43. The van der Waals surface area contributed by atoms with E-state index in [0.717, 1.165) is 11.3 Å². The molecule has 0 spiro atoms. The number of thiophene rings is 1. The van der Waals surface area contributed by atoms with Gasteiger partial charge in [0, 0.05) is 4.88 Å². The van der Waals surface area contributed by atoms with Crippen molar-refractivity contribution >= 4 is 21.6 Å². The minimum atomic E-state index is -0.693. The summed E-state index contributed by atoms with van der Waals surface area (Å²) in [5.41, 5.74) is -0.406. The second kappa shape index (κ2) is 3.59. The molecule has 2 rings (SSSR count). The first kappa shape index (κ1) is 11.1. The van der Waals surface area contributed by atoms with E-state index in [2.05, 4.69) is 30.2 Å². The van der Waals surface area contributed by atoms with Crippen LogP contribution in [0.3, 0.4) is 0 Å². The maximum Gasteiger partial charge on any atom is 0.420 e. The van der Waals surface area contributed by atoms with Gasteiger partial charge in [-0.3, -0.25) is 4.98 Å². The molecular weight excluding hydrogens is 226 g/mol. The lowest BCUT2D eigenvalue weighted by Crippen LogP contribution is -2.12. The molecule has 2 heterocycles. The number of aromatic amines is 1. The van der Waals surface area contributed by atoms with Gasteiger partial charge in [0.25, 0.3) is 0 Å². The molecule has 16 heavy (non-hydrogen) atoms. The van der Waals surface area contributed by atoms with Crippen molar-refractivity contribution in [3.05, 3.63) is 31.9 Å². The van der Waals surface area contributed by atoms with Crippen molar-refractivity contribution in [3.63, 3.8) is 0 Å². The highest BCUT2D eigenvalue weighted by Gasteiger charge is 2.15. The third kappa shape index (κ3) is 2.24. The van der Waals surface area contributed by atoms with Crippen molar-refractivity contribution in [1.82, 2.24) is 4.98 Å².